The Morgan fingerprint density at radius 2 is 1.92 bits per heavy atom. The molecule has 0 aliphatic heterocycles. The van der Waals surface area contributed by atoms with E-state index in [1.807, 2.05) is 13.8 Å². The van der Waals surface area contributed by atoms with Crippen molar-refractivity contribution in [3.05, 3.63) is 6.33 Å². The van der Waals surface area contributed by atoms with Crippen molar-refractivity contribution in [3.63, 3.8) is 0 Å². The number of Topliss-reactive ketones (excluding diaryl/α,β-unsaturated/α-hetero) is 1. The largest absolute Gasteiger partial charge is 0.297 e. The molecule has 1 rings (SSSR count). The van der Waals surface area contributed by atoms with Gasteiger partial charge in [-0.05, 0) is 26.0 Å². The fourth-order valence-corrected chi connectivity index (χ4v) is 0.564. The van der Waals surface area contributed by atoms with E-state index in [4.69, 9.17) is 0 Å². The number of nitrogens with zero attached hydrogens (tertiary/aromatic N) is 4. The highest BCUT2D eigenvalue weighted by atomic mass is 16.1. The van der Waals surface area contributed by atoms with Crippen LogP contribution in [-0.4, -0.2) is 26.0 Å². The molecule has 0 N–H and O–H groups in total. The molecule has 5 heteroatoms. The minimum Gasteiger partial charge on any atom is -0.297 e. The molecule has 74 valence electrons. The summed E-state index contributed by atoms with van der Waals surface area (Å²) in [6, 6.07) is 0. The first-order chi connectivity index (χ1) is 6.05. The molecule has 1 aromatic rings. The highest BCUT2D eigenvalue weighted by Crippen LogP contribution is 2.11. The fourth-order valence-electron chi connectivity index (χ4n) is 0.564. The minimum absolute atomic E-state index is 0.00972. The monoisotopic (exact) mass is 184 g/mol. The highest BCUT2D eigenvalue weighted by Gasteiger charge is 2.27. The third-order valence-corrected chi connectivity index (χ3v) is 1.71. The van der Waals surface area contributed by atoms with Gasteiger partial charge in [-0.3, -0.25) is 4.79 Å². The molecule has 0 atom stereocenters. The van der Waals surface area contributed by atoms with Crippen molar-refractivity contribution in [2.24, 2.45) is 0 Å². The Kier molecular flexibility index (Phi) is 4.23. The first kappa shape index (κ1) is 11.7. The average molecular weight is 184 g/mol. The number of carbonyl (C=O) groups is 1. The smallest absolute Gasteiger partial charge is 0.162 e. The van der Waals surface area contributed by atoms with Crippen molar-refractivity contribution >= 4 is 5.78 Å². The zero-order chi connectivity index (χ0) is 10.5. The Labute approximate surface area is 78.1 Å². The van der Waals surface area contributed by atoms with Gasteiger partial charge in [-0.2, -0.15) is 4.80 Å². The molecule has 5 nitrogen and oxygen atoms in total. The van der Waals surface area contributed by atoms with E-state index in [1.54, 1.807) is 13.8 Å². The molecule has 0 bridgehead atoms. The standard InChI is InChI=1S/C6H10N4O.C2H6/c1-5(11)6(2,3)10-8-4-7-9-10;1-2/h4H,1-3H3;1-2H3. The van der Waals surface area contributed by atoms with E-state index < -0.39 is 5.54 Å². The molecule has 0 saturated heterocycles. The quantitative estimate of drug-likeness (QED) is 0.688. The zero-order valence-corrected chi connectivity index (χ0v) is 8.77. The summed E-state index contributed by atoms with van der Waals surface area (Å²) in [7, 11) is 0. The number of hydrogen-bond acceptors (Lipinski definition) is 4. The number of carbonyl (C=O) groups excluding carboxylic acids is 1. The summed E-state index contributed by atoms with van der Waals surface area (Å²) in [6.45, 7) is 9.00. The lowest BCUT2D eigenvalue weighted by Gasteiger charge is -2.18. The van der Waals surface area contributed by atoms with Gasteiger partial charge in [-0.15, -0.1) is 10.2 Å². The van der Waals surface area contributed by atoms with Crippen LogP contribution in [0.2, 0.25) is 0 Å². The summed E-state index contributed by atoms with van der Waals surface area (Å²) in [6.07, 6.45) is 1.31. The molecular weight excluding hydrogens is 168 g/mol. The van der Waals surface area contributed by atoms with Gasteiger partial charge in [0.15, 0.2) is 12.1 Å². The Hall–Kier alpha value is -1.26. The summed E-state index contributed by atoms with van der Waals surface area (Å²) >= 11 is 0. The average Bonchev–Trinajstić information content (AvgIpc) is 2.60. The van der Waals surface area contributed by atoms with Crippen LogP contribution in [0.3, 0.4) is 0 Å². The Morgan fingerprint density at radius 1 is 1.38 bits per heavy atom. The molecule has 0 amide bonds. The summed E-state index contributed by atoms with van der Waals surface area (Å²) in [5.41, 5.74) is -0.684. The van der Waals surface area contributed by atoms with E-state index in [-0.39, 0.29) is 5.78 Å². The van der Waals surface area contributed by atoms with Crippen LogP contribution >= 0.6 is 0 Å². The van der Waals surface area contributed by atoms with E-state index in [1.165, 1.54) is 18.0 Å². The molecule has 1 heterocycles. The van der Waals surface area contributed by atoms with E-state index in [2.05, 4.69) is 15.4 Å². The number of ketones is 1. The maximum Gasteiger partial charge on any atom is 0.162 e. The van der Waals surface area contributed by atoms with Gasteiger partial charge >= 0.3 is 0 Å². The van der Waals surface area contributed by atoms with E-state index in [0.717, 1.165) is 0 Å². The predicted octanol–water partition coefficient (Wildman–Crippen LogP) is 1.02. The molecule has 0 aromatic carbocycles. The third kappa shape index (κ3) is 2.61. The molecule has 0 spiro atoms. The molecule has 0 fully saturated rings. The third-order valence-electron chi connectivity index (χ3n) is 1.71. The van der Waals surface area contributed by atoms with Gasteiger partial charge in [-0.25, -0.2) is 0 Å². The van der Waals surface area contributed by atoms with Crippen LogP contribution in [0.5, 0.6) is 0 Å². The van der Waals surface area contributed by atoms with Gasteiger partial charge in [-0.1, -0.05) is 13.8 Å². The number of tetrazole rings is 1. The van der Waals surface area contributed by atoms with Crippen molar-refractivity contribution in [2.45, 2.75) is 40.2 Å². The van der Waals surface area contributed by atoms with Crippen molar-refractivity contribution in [3.8, 4) is 0 Å². The topological polar surface area (TPSA) is 60.7 Å². The van der Waals surface area contributed by atoms with Crippen LogP contribution in [0.15, 0.2) is 6.33 Å². The van der Waals surface area contributed by atoms with Crippen LogP contribution in [-0.2, 0) is 10.3 Å². The summed E-state index contributed by atoms with van der Waals surface area (Å²) in [5.74, 6) is 0.00972. The van der Waals surface area contributed by atoms with Gasteiger partial charge in [0.25, 0.3) is 0 Å². The Bertz CT molecular complexity index is 253. The van der Waals surface area contributed by atoms with Crippen LogP contribution in [0.4, 0.5) is 0 Å². The van der Waals surface area contributed by atoms with E-state index in [0.29, 0.717) is 0 Å². The second kappa shape index (κ2) is 4.69. The minimum atomic E-state index is -0.684. The van der Waals surface area contributed by atoms with Crippen molar-refractivity contribution in [2.75, 3.05) is 0 Å². The molecule has 0 saturated carbocycles. The molecule has 0 unspecified atom stereocenters. The maximum atomic E-state index is 11.0. The predicted molar refractivity (Wildman–Crippen MR) is 49.2 cm³/mol. The lowest BCUT2D eigenvalue weighted by atomic mass is 10.0. The van der Waals surface area contributed by atoms with Crippen LogP contribution in [0.1, 0.15) is 34.6 Å². The summed E-state index contributed by atoms with van der Waals surface area (Å²) < 4.78 is 0. The SMILES string of the molecule is CC.CC(=O)C(C)(C)n1ncnn1. The van der Waals surface area contributed by atoms with Crippen LogP contribution in [0, 0.1) is 0 Å². The lowest BCUT2D eigenvalue weighted by molar-refractivity contribution is -0.124. The zero-order valence-electron chi connectivity index (χ0n) is 8.77. The number of rotatable bonds is 2. The van der Waals surface area contributed by atoms with Crippen LogP contribution < -0.4 is 0 Å². The van der Waals surface area contributed by atoms with Crippen LogP contribution in [0.25, 0.3) is 0 Å². The van der Waals surface area contributed by atoms with E-state index in [9.17, 15) is 4.79 Å². The number of hydrogen-bond donors (Lipinski definition) is 0. The first-order valence-corrected chi connectivity index (χ1v) is 4.29. The molecule has 0 aliphatic carbocycles. The summed E-state index contributed by atoms with van der Waals surface area (Å²) in [4.78, 5) is 12.3. The molecule has 13 heavy (non-hydrogen) atoms. The van der Waals surface area contributed by atoms with Gasteiger partial charge < -0.3 is 0 Å². The second-order valence-electron chi connectivity index (χ2n) is 2.84. The van der Waals surface area contributed by atoms with Gasteiger partial charge in [0.1, 0.15) is 5.54 Å². The Balaban J connectivity index is 0.000000671. The molecule has 0 radical (unpaired) electrons. The second-order valence-corrected chi connectivity index (χ2v) is 2.84. The van der Waals surface area contributed by atoms with Gasteiger partial charge in [0.2, 0.25) is 0 Å². The van der Waals surface area contributed by atoms with Crippen molar-refractivity contribution in [1.82, 2.24) is 20.2 Å². The van der Waals surface area contributed by atoms with Crippen molar-refractivity contribution in [1.29, 1.82) is 0 Å². The van der Waals surface area contributed by atoms with Gasteiger partial charge in [0.05, 0.1) is 0 Å². The van der Waals surface area contributed by atoms with E-state index >= 15 is 0 Å². The molecular formula is C8H16N4O. The van der Waals surface area contributed by atoms with Gasteiger partial charge in [0, 0.05) is 0 Å². The molecule has 1 aromatic heterocycles. The normalized spacial score (nSPS) is 10.2. The molecule has 0 aliphatic rings. The Morgan fingerprint density at radius 3 is 2.23 bits per heavy atom. The maximum absolute atomic E-state index is 11.0. The van der Waals surface area contributed by atoms with Crippen molar-refractivity contribution < 1.29 is 4.79 Å². The lowest BCUT2D eigenvalue weighted by Crippen LogP contribution is -2.36. The summed E-state index contributed by atoms with van der Waals surface area (Å²) in [5, 5.41) is 10.9. The first-order valence-electron chi connectivity index (χ1n) is 4.29. The fraction of sp³-hybridized carbons (Fsp3) is 0.750. The number of aromatic nitrogens is 4. The highest BCUT2D eigenvalue weighted by molar-refractivity contribution is 5.82.